The van der Waals surface area contributed by atoms with Crippen LogP contribution in [0.2, 0.25) is 0 Å². The first-order valence-corrected chi connectivity index (χ1v) is 8.26. The predicted octanol–water partition coefficient (Wildman–Crippen LogP) is 0.671. The second kappa shape index (κ2) is 6.63. The van der Waals surface area contributed by atoms with E-state index in [2.05, 4.69) is 61.8 Å². The Morgan fingerprint density at radius 3 is 2.38 bits per heavy atom. The van der Waals surface area contributed by atoms with Crippen LogP contribution >= 0.6 is 0 Å². The molecule has 5 heteroatoms. The molecule has 122 valence electrons. The van der Waals surface area contributed by atoms with Gasteiger partial charge in [0.05, 0.1) is 12.2 Å². The molecule has 1 amide bonds. The zero-order chi connectivity index (χ0) is 15.7. The van der Waals surface area contributed by atoms with Crippen LogP contribution in [0.3, 0.4) is 0 Å². The lowest BCUT2D eigenvalue weighted by atomic mass is 10.0. The molecule has 0 aromatic rings. The van der Waals surface area contributed by atoms with Crippen molar-refractivity contribution < 1.29 is 4.79 Å². The number of carbonyl (C=O) groups is 1. The van der Waals surface area contributed by atoms with Gasteiger partial charge in [-0.3, -0.25) is 15.0 Å². The van der Waals surface area contributed by atoms with Crippen molar-refractivity contribution in [3.05, 3.63) is 0 Å². The first-order valence-electron chi connectivity index (χ1n) is 8.26. The highest BCUT2D eigenvalue weighted by Crippen LogP contribution is 2.23. The summed E-state index contributed by atoms with van der Waals surface area (Å²) in [5.74, 6) is 1.06. The highest BCUT2D eigenvalue weighted by Gasteiger charge is 2.42. The summed E-state index contributed by atoms with van der Waals surface area (Å²) < 4.78 is 0. The fourth-order valence-corrected chi connectivity index (χ4v) is 3.42. The number of rotatable bonds is 4. The van der Waals surface area contributed by atoms with Crippen molar-refractivity contribution in [2.24, 2.45) is 11.8 Å². The lowest BCUT2D eigenvalue weighted by molar-refractivity contribution is -0.132. The molecule has 0 aromatic carbocycles. The Hall–Kier alpha value is -0.650. The smallest absolute Gasteiger partial charge is 0.241 e. The molecule has 0 radical (unpaired) electrons. The van der Waals surface area contributed by atoms with E-state index in [1.807, 2.05) is 0 Å². The van der Waals surface area contributed by atoms with Gasteiger partial charge in [0.15, 0.2) is 0 Å². The Morgan fingerprint density at radius 1 is 1.14 bits per heavy atom. The number of amides is 1. The zero-order valence-corrected chi connectivity index (χ0v) is 14.5. The van der Waals surface area contributed by atoms with Crippen LogP contribution in [0.15, 0.2) is 0 Å². The van der Waals surface area contributed by atoms with Gasteiger partial charge in [0.1, 0.15) is 0 Å². The number of carbonyl (C=O) groups excluding carboxylic acids is 1. The van der Waals surface area contributed by atoms with Crippen molar-refractivity contribution in [1.29, 1.82) is 0 Å². The van der Waals surface area contributed by atoms with Crippen LogP contribution in [0, 0.1) is 11.8 Å². The van der Waals surface area contributed by atoms with Gasteiger partial charge in [-0.25, -0.2) is 0 Å². The molecule has 2 fully saturated rings. The van der Waals surface area contributed by atoms with Crippen LogP contribution in [0.25, 0.3) is 0 Å². The minimum atomic E-state index is -0.0240. The van der Waals surface area contributed by atoms with E-state index in [1.54, 1.807) is 0 Å². The lowest BCUT2D eigenvalue weighted by Gasteiger charge is -2.41. The van der Waals surface area contributed by atoms with Crippen LogP contribution in [-0.2, 0) is 4.79 Å². The largest absolute Gasteiger partial charge is 0.324 e. The van der Waals surface area contributed by atoms with Gasteiger partial charge < -0.3 is 9.80 Å². The number of piperazine rings is 1. The summed E-state index contributed by atoms with van der Waals surface area (Å²) in [6, 6.07) is 0.408. The monoisotopic (exact) mass is 296 g/mol. The van der Waals surface area contributed by atoms with Gasteiger partial charge >= 0.3 is 0 Å². The summed E-state index contributed by atoms with van der Waals surface area (Å²) >= 11 is 0. The molecule has 2 aliphatic rings. The molecule has 21 heavy (non-hydrogen) atoms. The molecule has 2 aliphatic heterocycles. The SMILES string of the molecule is CC(C)C1NC(C(C)C)N(CC2CN(C)CCN2C)C1=O. The van der Waals surface area contributed by atoms with Crippen LogP contribution < -0.4 is 5.32 Å². The molecule has 2 saturated heterocycles. The Morgan fingerprint density at radius 2 is 1.81 bits per heavy atom. The average molecular weight is 296 g/mol. The number of hydrogen-bond donors (Lipinski definition) is 1. The first kappa shape index (κ1) is 16.7. The predicted molar refractivity (Wildman–Crippen MR) is 86.0 cm³/mol. The molecule has 1 N–H and O–H groups in total. The van der Waals surface area contributed by atoms with E-state index in [0.29, 0.717) is 17.9 Å². The van der Waals surface area contributed by atoms with Crippen LogP contribution in [0.4, 0.5) is 0 Å². The van der Waals surface area contributed by atoms with Gasteiger partial charge in [-0.1, -0.05) is 27.7 Å². The molecule has 2 heterocycles. The summed E-state index contributed by atoms with van der Waals surface area (Å²) in [6.45, 7) is 12.7. The maximum Gasteiger partial charge on any atom is 0.241 e. The van der Waals surface area contributed by atoms with E-state index in [0.717, 1.165) is 26.2 Å². The Kier molecular flexibility index (Phi) is 5.28. The summed E-state index contributed by atoms with van der Waals surface area (Å²) in [6.07, 6.45) is 0.172. The van der Waals surface area contributed by atoms with Crippen molar-refractivity contribution in [3.63, 3.8) is 0 Å². The third-order valence-corrected chi connectivity index (χ3v) is 4.92. The zero-order valence-electron chi connectivity index (χ0n) is 14.5. The molecule has 0 spiro atoms. The normalized spacial score (nSPS) is 32.7. The Balaban J connectivity index is 2.10. The van der Waals surface area contributed by atoms with E-state index < -0.39 is 0 Å². The highest BCUT2D eigenvalue weighted by molar-refractivity contribution is 5.84. The molecular weight excluding hydrogens is 264 g/mol. The van der Waals surface area contributed by atoms with Gasteiger partial charge in [-0.15, -0.1) is 0 Å². The second-order valence-electron chi connectivity index (χ2n) is 7.46. The molecule has 2 rings (SSSR count). The van der Waals surface area contributed by atoms with Crippen LogP contribution in [-0.4, -0.2) is 79.1 Å². The molecule has 0 aromatic heterocycles. The topological polar surface area (TPSA) is 38.8 Å². The fraction of sp³-hybridized carbons (Fsp3) is 0.938. The quantitative estimate of drug-likeness (QED) is 0.828. The third-order valence-electron chi connectivity index (χ3n) is 4.92. The van der Waals surface area contributed by atoms with E-state index in [-0.39, 0.29) is 18.1 Å². The average Bonchev–Trinajstić information content (AvgIpc) is 2.72. The minimum Gasteiger partial charge on any atom is -0.324 e. The standard InChI is InChI=1S/C16H32N4O/c1-11(2)14-16(21)20(15(17-14)12(3)4)10-13-9-18(5)7-8-19(13)6/h11-15,17H,7-10H2,1-6H3. The summed E-state index contributed by atoms with van der Waals surface area (Å²) in [7, 11) is 4.34. The molecular formula is C16H32N4O. The molecule has 0 aliphatic carbocycles. The van der Waals surface area contributed by atoms with Crippen molar-refractivity contribution in [1.82, 2.24) is 20.0 Å². The number of nitrogens with zero attached hydrogens (tertiary/aromatic N) is 3. The minimum absolute atomic E-state index is 0.0240. The molecule has 0 saturated carbocycles. The fourth-order valence-electron chi connectivity index (χ4n) is 3.42. The van der Waals surface area contributed by atoms with Gasteiger partial charge in [0, 0.05) is 32.2 Å². The van der Waals surface area contributed by atoms with Crippen molar-refractivity contribution in [2.45, 2.75) is 45.9 Å². The maximum absolute atomic E-state index is 12.8. The number of likely N-dealkylation sites (N-methyl/N-ethyl adjacent to an activating group) is 2. The molecule has 0 bridgehead atoms. The lowest BCUT2D eigenvalue weighted by Crippen LogP contribution is -2.56. The highest BCUT2D eigenvalue weighted by atomic mass is 16.2. The van der Waals surface area contributed by atoms with Crippen molar-refractivity contribution >= 4 is 5.91 Å². The van der Waals surface area contributed by atoms with E-state index in [9.17, 15) is 4.79 Å². The van der Waals surface area contributed by atoms with Gasteiger partial charge in [-0.2, -0.15) is 0 Å². The summed E-state index contributed by atoms with van der Waals surface area (Å²) in [5, 5.41) is 3.55. The first-order chi connectivity index (χ1) is 9.81. The third kappa shape index (κ3) is 3.58. The molecule has 3 atom stereocenters. The van der Waals surface area contributed by atoms with E-state index in [1.165, 1.54) is 0 Å². The maximum atomic E-state index is 12.8. The summed E-state index contributed by atoms with van der Waals surface area (Å²) in [5.41, 5.74) is 0. The van der Waals surface area contributed by atoms with Crippen LogP contribution in [0.1, 0.15) is 27.7 Å². The van der Waals surface area contributed by atoms with Gasteiger partial charge in [-0.05, 0) is 25.9 Å². The second-order valence-corrected chi connectivity index (χ2v) is 7.46. The Labute approximate surface area is 129 Å². The van der Waals surface area contributed by atoms with Crippen molar-refractivity contribution in [3.8, 4) is 0 Å². The molecule has 5 nitrogen and oxygen atoms in total. The number of hydrogen-bond acceptors (Lipinski definition) is 4. The van der Waals surface area contributed by atoms with E-state index >= 15 is 0 Å². The van der Waals surface area contributed by atoms with Crippen LogP contribution in [0.5, 0.6) is 0 Å². The van der Waals surface area contributed by atoms with Crippen molar-refractivity contribution in [2.75, 3.05) is 40.3 Å². The number of nitrogens with one attached hydrogen (secondary N) is 1. The molecule has 3 unspecified atom stereocenters. The summed E-state index contributed by atoms with van der Waals surface area (Å²) in [4.78, 5) is 19.6. The Bertz CT molecular complexity index is 371. The van der Waals surface area contributed by atoms with Gasteiger partial charge in [0.25, 0.3) is 0 Å². The van der Waals surface area contributed by atoms with Gasteiger partial charge in [0.2, 0.25) is 5.91 Å². The van der Waals surface area contributed by atoms with E-state index in [4.69, 9.17) is 0 Å².